The van der Waals surface area contributed by atoms with Gasteiger partial charge in [-0.2, -0.15) is 0 Å². The molecule has 4 rings (SSSR count). The largest absolute Gasteiger partial charge is 0.354 e. The first-order valence-corrected chi connectivity index (χ1v) is 14.9. The molecule has 0 bridgehead atoms. The molecule has 4 aromatic carbocycles. The lowest BCUT2D eigenvalue weighted by Gasteiger charge is -2.33. The van der Waals surface area contributed by atoms with E-state index in [0.29, 0.717) is 23.0 Å². The second-order valence-electron chi connectivity index (χ2n) is 10.2. The van der Waals surface area contributed by atoms with Gasteiger partial charge in [-0.15, -0.1) is 0 Å². The van der Waals surface area contributed by atoms with Crippen LogP contribution < -0.4 is 5.32 Å². The normalized spacial score (nSPS) is 11.7. The maximum atomic E-state index is 14.4. The molecular weight excluding hydrogens is 551 g/mol. The van der Waals surface area contributed by atoms with Crippen LogP contribution in [0, 0.1) is 0 Å². The number of carbonyl (C=O) groups is 2. The Morgan fingerprint density at radius 1 is 0.805 bits per heavy atom. The number of hydrogen-bond acceptors (Lipinski definition) is 2. The van der Waals surface area contributed by atoms with Crippen molar-refractivity contribution in [3.63, 3.8) is 0 Å². The van der Waals surface area contributed by atoms with Crippen molar-refractivity contribution in [3.8, 4) is 0 Å². The first-order chi connectivity index (χ1) is 20.0. The highest BCUT2D eigenvalue weighted by molar-refractivity contribution is 6.35. The minimum absolute atomic E-state index is 0.125. The van der Waals surface area contributed by atoms with Gasteiger partial charge in [-0.1, -0.05) is 134 Å². The summed E-state index contributed by atoms with van der Waals surface area (Å²) in [5.41, 5.74) is 3.80. The summed E-state index contributed by atoms with van der Waals surface area (Å²) in [7, 11) is 0. The van der Waals surface area contributed by atoms with Gasteiger partial charge in [0, 0.05) is 41.9 Å². The highest BCUT2D eigenvalue weighted by Crippen LogP contribution is 2.31. The van der Waals surface area contributed by atoms with Crippen LogP contribution in [0.3, 0.4) is 0 Å². The summed E-state index contributed by atoms with van der Waals surface area (Å²) in [5, 5.41) is 4.06. The molecule has 0 aliphatic rings. The molecule has 212 valence electrons. The summed E-state index contributed by atoms with van der Waals surface area (Å²) < 4.78 is 0. The third kappa shape index (κ3) is 8.69. The van der Waals surface area contributed by atoms with Crippen molar-refractivity contribution in [2.45, 2.75) is 51.1 Å². The first kappa shape index (κ1) is 30.4. The Bertz CT molecular complexity index is 1360. The van der Waals surface area contributed by atoms with Crippen LogP contribution in [0.1, 0.15) is 54.4 Å². The van der Waals surface area contributed by atoms with E-state index in [-0.39, 0.29) is 30.7 Å². The number of nitrogens with zero attached hydrogens (tertiary/aromatic N) is 1. The van der Waals surface area contributed by atoms with Crippen LogP contribution in [0.5, 0.6) is 0 Å². The van der Waals surface area contributed by atoms with E-state index >= 15 is 0 Å². The van der Waals surface area contributed by atoms with E-state index in [9.17, 15) is 9.59 Å². The van der Waals surface area contributed by atoms with Gasteiger partial charge in [0.2, 0.25) is 11.8 Å². The van der Waals surface area contributed by atoms with Crippen LogP contribution >= 0.6 is 23.2 Å². The van der Waals surface area contributed by atoms with E-state index in [1.807, 2.05) is 97.1 Å². The highest BCUT2D eigenvalue weighted by Gasteiger charge is 2.32. The number of halogens is 2. The smallest absolute Gasteiger partial charge is 0.243 e. The summed E-state index contributed by atoms with van der Waals surface area (Å²) in [6, 6.07) is 34.4. The number of rotatable bonds is 13. The monoisotopic (exact) mass is 586 g/mol. The van der Waals surface area contributed by atoms with E-state index in [2.05, 4.69) is 12.2 Å². The van der Waals surface area contributed by atoms with Gasteiger partial charge in [0.15, 0.2) is 0 Å². The average molecular weight is 588 g/mol. The van der Waals surface area contributed by atoms with Gasteiger partial charge in [-0.25, -0.2) is 0 Å². The summed E-state index contributed by atoms with van der Waals surface area (Å²) >= 11 is 12.8. The quantitative estimate of drug-likeness (QED) is 0.161. The summed E-state index contributed by atoms with van der Waals surface area (Å²) in [4.78, 5) is 29.9. The van der Waals surface area contributed by atoms with Gasteiger partial charge in [-0.05, 0) is 40.8 Å². The van der Waals surface area contributed by atoms with E-state index in [1.165, 1.54) is 0 Å². The zero-order valence-corrected chi connectivity index (χ0v) is 24.8. The molecular formula is C35H36Cl2N2O2. The molecule has 2 amide bonds. The molecule has 0 saturated heterocycles. The maximum absolute atomic E-state index is 14.4. The number of benzene rings is 4. The van der Waals surface area contributed by atoms with Crippen molar-refractivity contribution in [1.29, 1.82) is 0 Å². The number of hydrogen-bond donors (Lipinski definition) is 1. The lowest BCUT2D eigenvalue weighted by Crippen LogP contribution is -2.51. The Morgan fingerprint density at radius 2 is 1.39 bits per heavy atom. The molecule has 6 heteroatoms. The molecule has 0 aliphatic heterocycles. The average Bonchev–Trinajstić information content (AvgIpc) is 3.00. The van der Waals surface area contributed by atoms with E-state index in [4.69, 9.17) is 23.2 Å². The SMILES string of the molecule is CCCCNC(=O)C(Cc1ccccc1)N(Cc1ccc(Cl)cc1Cl)C(=O)CC(c1ccccc1)c1ccccc1. The molecule has 4 aromatic rings. The Balaban J connectivity index is 1.74. The lowest BCUT2D eigenvalue weighted by atomic mass is 9.87. The minimum Gasteiger partial charge on any atom is -0.354 e. The minimum atomic E-state index is -0.722. The fourth-order valence-electron chi connectivity index (χ4n) is 4.98. The molecule has 4 nitrogen and oxygen atoms in total. The van der Waals surface area contributed by atoms with Crippen LogP contribution in [-0.4, -0.2) is 29.3 Å². The number of carbonyl (C=O) groups excluding carboxylic acids is 2. The fourth-order valence-corrected chi connectivity index (χ4v) is 5.45. The molecule has 0 spiro atoms. The van der Waals surface area contributed by atoms with Crippen molar-refractivity contribution < 1.29 is 9.59 Å². The molecule has 1 N–H and O–H groups in total. The number of unbranched alkanes of at least 4 members (excludes halogenated alkanes) is 1. The molecule has 0 aromatic heterocycles. The molecule has 1 unspecified atom stereocenters. The van der Waals surface area contributed by atoms with E-state index < -0.39 is 6.04 Å². The van der Waals surface area contributed by atoms with Gasteiger partial charge in [0.1, 0.15) is 6.04 Å². The van der Waals surface area contributed by atoms with Crippen LogP contribution in [0.4, 0.5) is 0 Å². The van der Waals surface area contributed by atoms with Crippen molar-refractivity contribution >= 4 is 35.0 Å². The molecule has 0 radical (unpaired) electrons. The molecule has 1 atom stereocenters. The van der Waals surface area contributed by atoms with Crippen LogP contribution in [0.25, 0.3) is 0 Å². The molecule has 41 heavy (non-hydrogen) atoms. The van der Waals surface area contributed by atoms with Crippen molar-refractivity contribution in [2.24, 2.45) is 0 Å². The van der Waals surface area contributed by atoms with Gasteiger partial charge < -0.3 is 10.2 Å². The predicted molar refractivity (Wildman–Crippen MR) is 168 cm³/mol. The zero-order chi connectivity index (χ0) is 29.0. The van der Waals surface area contributed by atoms with Gasteiger partial charge >= 0.3 is 0 Å². The summed E-state index contributed by atoms with van der Waals surface area (Å²) in [6.07, 6.45) is 2.41. The second-order valence-corrected chi connectivity index (χ2v) is 11.0. The lowest BCUT2D eigenvalue weighted by molar-refractivity contribution is -0.141. The summed E-state index contributed by atoms with van der Waals surface area (Å²) in [6.45, 7) is 2.82. The Morgan fingerprint density at radius 3 is 1.95 bits per heavy atom. The summed E-state index contributed by atoms with van der Waals surface area (Å²) in [5.74, 6) is -0.467. The Hall–Kier alpha value is -3.60. The number of nitrogens with one attached hydrogen (secondary N) is 1. The first-order valence-electron chi connectivity index (χ1n) is 14.1. The Labute approximate surface area is 253 Å². The van der Waals surface area contributed by atoms with Crippen LogP contribution in [-0.2, 0) is 22.6 Å². The maximum Gasteiger partial charge on any atom is 0.243 e. The molecule has 0 saturated carbocycles. The number of amides is 2. The van der Waals surface area contributed by atoms with Crippen LogP contribution in [0.15, 0.2) is 109 Å². The molecule has 0 fully saturated rings. The van der Waals surface area contributed by atoms with Gasteiger partial charge in [-0.3, -0.25) is 9.59 Å². The fraction of sp³-hybridized carbons (Fsp3) is 0.257. The second kappa shape index (κ2) is 15.4. The highest BCUT2D eigenvalue weighted by atomic mass is 35.5. The topological polar surface area (TPSA) is 49.4 Å². The van der Waals surface area contributed by atoms with Gasteiger partial charge in [0.25, 0.3) is 0 Å². The predicted octanol–water partition coefficient (Wildman–Crippen LogP) is 8.07. The standard InChI is InChI=1S/C35H36Cl2N2O2/c1-2-3-21-38-35(41)33(22-26-13-7-4-8-14-26)39(25-29-19-20-30(36)23-32(29)37)34(40)24-31(27-15-9-5-10-16-27)28-17-11-6-12-18-28/h4-20,23,31,33H,2-3,21-22,24-25H2,1H3,(H,38,41). The van der Waals surface area contributed by atoms with Crippen LogP contribution in [0.2, 0.25) is 10.0 Å². The molecule has 0 heterocycles. The Kier molecular flexibility index (Phi) is 11.4. The molecule has 0 aliphatic carbocycles. The van der Waals surface area contributed by atoms with Crippen molar-refractivity contribution in [2.75, 3.05) is 6.54 Å². The van der Waals surface area contributed by atoms with E-state index in [0.717, 1.165) is 35.1 Å². The van der Waals surface area contributed by atoms with Gasteiger partial charge in [0.05, 0.1) is 0 Å². The van der Waals surface area contributed by atoms with E-state index in [1.54, 1.807) is 17.0 Å². The van der Waals surface area contributed by atoms with Crippen molar-refractivity contribution in [1.82, 2.24) is 10.2 Å². The zero-order valence-electron chi connectivity index (χ0n) is 23.3. The third-order valence-corrected chi connectivity index (χ3v) is 7.83. The third-order valence-electron chi connectivity index (χ3n) is 7.24. The van der Waals surface area contributed by atoms with Crippen molar-refractivity contribution in [3.05, 3.63) is 141 Å².